The topological polar surface area (TPSA) is 72.2 Å². The van der Waals surface area contributed by atoms with Crippen LogP contribution in [0.5, 0.6) is 0 Å². The lowest BCUT2D eigenvalue weighted by atomic mass is 9.99. The first kappa shape index (κ1) is 27.0. The van der Waals surface area contributed by atoms with E-state index in [0.717, 1.165) is 12.1 Å². The molecule has 2 atom stereocenters. The highest BCUT2D eigenvalue weighted by atomic mass is 35.5. The number of carbonyl (C=O) groups excluding carboxylic acids is 2. The monoisotopic (exact) mass is 590 g/mol. The number of ketones is 1. The number of anilines is 2. The highest BCUT2D eigenvalue weighted by molar-refractivity contribution is 6.53. The largest absolute Gasteiger partial charge is 0.396 e. The van der Waals surface area contributed by atoms with Crippen LogP contribution in [0.15, 0.2) is 42.5 Å². The molecule has 0 bridgehead atoms. The van der Waals surface area contributed by atoms with Crippen molar-refractivity contribution in [3.8, 4) is 0 Å². The van der Waals surface area contributed by atoms with E-state index in [1.807, 2.05) is 0 Å². The second kappa shape index (κ2) is 9.99. The van der Waals surface area contributed by atoms with E-state index in [1.54, 1.807) is 31.2 Å². The van der Waals surface area contributed by atoms with E-state index in [1.165, 1.54) is 6.07 Å². The smallest absolute Gasteiger partial charge is 0.231 e. The molecule has 3 aromatic carbocycles. The summed E-state index contributed by atoms with van der Waals surface area (Å²) in [6.45, 7) is 1.62. The van der Waals surface area contributed by atoms with Crippen LogP contribution in [0.4, 0.5) is 20.2 Å². The zero-order valence-electron chi connectivity index (χ0n) is 18.4. The SMILES string of the molecule is Cc1cc(NC(=O)[C@H]2[C@H](c3ccc(Cl)c(Cl)c3)C2(Cl)Cl)cc(C(=O)Cc2c(F)ccc(N)c2F)c1Cl. The van der Waals surface area contributed by atoms with Gasteiger partial charge in [0.1, 0.15) is 10.2 Å². The molecule has 1 amide bonds. The lowest BCUT2D eigenvalue weighted by Gasteiger charge is -2.13. The maximum absolute atomic E-state index is 14.3. The van der Waals surface area contributed by atoms with E-state index >= 15 is 0 Å². The number of aryl methyl sites for hydroxylation is 1. The Labute approximate surface area is 230 Å². The Morgan fingerprint density at radius 3 is 2.39 bits per heavy atom. The first-order valence-corrected chi connectivity index (χ1v) is 12.4. The lowest BCUT2D eigenvalue weighted by molar-refractivity contribution is -0.117. The fraction of sp³-hybridized carbons (Fsp3) is 0.200. The van der Waals surface area contributed by atoms with Crippen molar-refractivity contribution < 1.29 is 18.4 Å². The van der Waals surface area contributed by atoms with Gasteiger partial charge in [-0.15, -0.1) is 23.2 Å². The van der Waals surface area contributed by atoms with E-state index in [-0.39, 0.29) is 22.0 Å². The van der Waals surface area contributed by atoms with Gasteiger partial charge in [0.25, 0.3) is 0 Å². The third-order valence-corrected chi connectivity index (χ3v) is 8.20. The molecule has 0 aromatic heterocycles. The third kappa shape index (κ3) is 5.02. The number of Topliss-reactive ketones (excluding diaryl/α,β-unsaturated/α-hetero) is 1. The number of nitrogens with one attached hydrogen (secondary N) is 1. The molecule has 4 rings (SSSR count). The van der Waals surface area contributed by atoms with Crippen LogP contribution in [-0.4, -0.2) is 16.0 Å². The normalized spacial score (nSPS) is 18.1. The molecule has 1 aliphatic carbocycles. The molecule has 1 aliphatic rings. The number of hydrogen-bond donors (Lipinski definition) is 2. The summed E-state index contributed by atoms with van der Waals surface area (Å²) in [5.74, 6) is -4.43. The molecule has 0 aliphatic heterocycles. The molecule has 0 spiro atoms. The minimum absolute atomic E-state index is 0.0203. The van der Waals surface area contributed by atoms with Gasteiger partial charge in [-0.2, -0.15) is 0 Å². The number of rotatable bonds is 6. The summed E-state index contributed by atoms with van der Waals surface area (Å²) >= 11 is 31.2. The van der Waals surface area contributed by atoms with Crippen molar-refractivity contribution in [1.29, 1.82) is 0 Å². The molecule has 0 radical (unpaired) electrons. The van der Waals surface area contributed by atoms with E-state index < -0.39 is 51.5 Å². The summed E-state index contributed by atoms with van der Waals surface area (Å²) in [7, 11) is 0. The maximum Gasteiger partial charge on any atom is 0.231 e. The minimum Gasteiger partial charge on any atom is -0.396 e. The fourth-order valence-electron chi connectivity index (χ4n) is 4.07. The lowest BCUT2D eigenvalue weighted by Crippen LogP contribution is -2.18. The van der Waals surface area contributed by atoms with Crippen molar-refractivity contribution in [3.05, 3.63) is 91.4 Å². The molecule has 188 valence electrons. The fourth-order valence-corrected chi connectivity index (χ4v) is 5.42. The highest BCUT2D eigenvalue weighted by Crippen LogP contribution is 2.65. The molecule has 0 saturated heterocycles. The zero-order valence-corrected chi connectivity index (χ0v) is 22.2. The van der Waals surface area contributed by atoms with Crippen molar-refractivity contribution in [1.82, 2.24) is 0 Å². The average molecular weight is 593 g/mol. The van der Waals surface area contributed by atoms with Gasteiger partial charge in [0, 0.05) is 29.2 Å². The van der Waals surface area contributed by atoms with Gasteiger partial charge in [-0.05, 0) is 54.4 Å². The summed E-state index contributed by atoms with van der Waals surface area (Å²) < 4.78 is 27.1. The predicted molar refractivity (Wildman–Crippen MR) is 141 cm³/mol. The third-order valence-electron chi connectivity index (χ3n) is 6.01. The predicted octanol–water partition coefficient (Wildman–Crippen LogP) is 7.77. The summed E-state index contributed by atoms with van der Waals surface area (Å²) in [5, 5.41) is 3.44. The molecule has 1 saturated carbocycles. The number of halogens is 7. The van der Waals surface area contributed by atoms with Gasteiger partial charge in [0.05, 0.1) is 26.7 Å². The van der Waals surface area contributed by atoms with Crippen LogP contribution in [0.1, 0.15) is 33.0 Å². The van der Waals surface area contributed by atoms with Gasteiger partial charge < -0.3 is 11.1 Å². The number of hydrogen-bond acceptors (Lipinski definition) is 3. The van der Waals surface area contributed by atoms with E-state index in [9.17, 15) is 18.4 Å². The molecule has 4 nitrogen and oxygen atoms in total. The van der Waals surface area contributed by atoms with Crippen molar-refractivity contribution in [2.45, 2.75) is 23.6 Å². The minimum atomic E-state index is -1.39. The Morgan fingerprint density at radius 2 is 1.72 bits per heavy atom. The number of alkyl halides is 2. The number of amides is 1. The quantitative estimate of drug-likeness (QED) is 0.175. The Bertz CT molecular complexity index is 1410. The molecule has 0 unspecified atom stereocenters. The van der Waals surface area contributed by atoms with E-state index in [0.29, 0.717) is 21.2 Å². The van der Waals surface area contributed by atoms with Crippen molar-refractivity contribution in [2.75, 3.05) is 11.1 Å². The molecule has 1 fully saturated rings. The van der Waals surface area contributed by atoms with Crippen molar-refractivity contribution >= 4 is 81.1 Å². The molecule has 0 heterocycles. The summed E-state index contributed by atoms with van der Waals surface area (Å²) in [5.41, 5.74) is 6.07. The number of nitrogen functional groups attached to an aromatic ring is 1. The van der Waals surface area contributed by atoms with Gasteiger partial charge in [-0.1, -0.05) is 40.9 Å². The molecule has 11 heteroatoms. The summed E-state index contributed by atoms with van der Waals surface area (Å²) in [6.07, 6.45) is -0.617. The van der Waals surface area contributed by atoms with Crippen LogP contribution < -0.4 is 11.1 Å². The first-order valence-electron chi connectivity index (χ1n) is 10.5. The number of nitrogens with two attached hydrogens (primary N) is 1. The summed E-state index contributed by atoms with van der Waals surface area (Å²) in [4.78, 5) is 26.0. The van der Waals surface area contributed by atoms with Gasteiger partial charge in [0.15, 0.2) is 11.6 Å². The number of benzene rings is 3. The van der Waals surface area contributed by atoms with Crippen LogP contribution in [0.2, 0.25) is 15.1 Å². The first-order chi connectivity index (χ1) is 16.8. The number of carbonyl (C=O) groups is 2. The van der Waals surface area contributed by atoms with Gasteiger partial charge in [0.2, 0.25) is 5.91 Å². The van der Waals surface area contributed by atoms with Gasteiger partial charge in [-0.3, -0.25) is 9.59 Å². The standard InChI is InChI=1S/C25H17Cl5F2N2O2/c1-10-6-12(8-14(22(10)28)19(35)9-13-17(31)4-5-18(33)23(13)32)34-24(36)21-20(25(21,29)30)11-2-3-15(26)16(27)7-11/h2-8,20-21H,9,33H2,1H3,(H,34,36)/t20-,21+/m0/s1. The maximum atomic E-state index is 14.3. The second-order valence-corrected chi connectivity index (χ2v) is 11.1. The Morgan fingerprint density at radius 1 is 1.03 bits per heavy atom. The average Bonchev–Trinajstić information content (AvgIpc) is 3.39. The summed E-state index contributed by atoms with van der Waals surface area (Å²) in [6, 6.07) is 9.81. The van der Waals surface area contributed by atoms with Crippen LogP contribution >= 0.6 is 58.0 Å². The van der Waals surface area contributed by atoms with Crippen molar-refractivity contribution in [2.24, 2.45) is 5.92 Å². The van der Waals surface area contributed by atoms with Crippen molar-refractivity contribution in [3.63, 3.8) is 0 Å². The molecule has 36 heavy (non-hydrogen) atoms. The van der Waals surface area contributed by atoms with E-state index in [4.69, 9.17) is 63.7 Å². The Hall–Kier alpha value is -2.09. The zero-order chi connectivity index (χ0) is 26.5. The van der Waals surface area contributed by atoms with Crippen LogP contribution in [-0.2, 0) is 11.2 Å². The van der Waals surface area contributed by atoms with Gasteiger partial charge in [-0.25, -0.2) is 8.78 Å². The molecular weight excluding hydrogens is 576 g/mol. The van der Waals surface area contributed by atoms with Crippen LogP contribution in [0.25, 0.3) is 0 Å². The molecule has 3 aromatic rings. The Kier molecular flexibility index (Phi) is 7.48. The highest BCUT2D eigenvalue weighted by Gasteiger charge is 2.67. The van der Waals surface area contributed by atoms with Crippen LogP contribution in [0.3, 0.4) is 0 Å². The van der Waals surface area contributed by atoms with Gasteiger partial charge >= 0.3 is 0 Å². The second-order valence-electron chi connectivity index (χ2n) is 8.48. The van der Waals surface area contributed by atoms with Crippen LogP contribution in [0, 0.1) is 24.5 Å². The Balaban J connectivity index is 1.57. The molecular formula is C25H17Cl5F2N2O2. The molecule has 3 N–H and O–H groups in total. The van der Waals surface area contributed by atoms with E-state index in [2.05, 4.69) is 5.32 Å².